The summed E-state index contributed by atoms with van der Waals surface area (Å²) in [6.45, 7) is 5.88. The van der Waals surface area contributed by atoms with Crippen LogP contribution in [-0.4, -0.2) is 52.1 Å². The third kappa shape index (κ3) is 3.52. The Balaban J connectivity index is 2.12. The van der Waals surface area contributed by atoms with E-state index in [1.165, 1.54) is 0 Å². The number of aliphatic hydroxyl groups excluding tert-OH is 2. The van der Waals surface area contributed by atoms with Crippen molar-refractivity contribution in [2.24, 2.45) is 5.92 Å². The number of nitrogens with zero attached hydrogens (tertiary/aromatic N) is 1. The molecule has 1 saturated heterocycles. The highest BCUT2D eigenvalue weighted by atomic mass is 16.6. The molecule has 1 aliphatic heterocycles. The first kappa shape index (κ1) is 15.3. The lowest BCUT2D eigenvalue weighted by Gasteiger charge is -2.42. The molecule has 0 aromatic carbocycles. The summed E-state index contributed by atoms with van der Waals surface area (Å²) >= 11 is 0. The number of likely N-dealkylation sites (tertiary alicyclic amines) is 1. The normalized spacial score (nSPS) is 30.6. The van der Waals surface area contributed by atoms with Crippen molar-refractivity contribution < 1.29 is 19.7 Å². The largest absolute Gasteiger partial charge is 0.444 e. The first-order valence-corrected chi connectivity index (χ1v) is 7.29. The summed E-state index contributed by atoms with van der Waals surface area (Å²) < 4.78 is 5.40. The van der Waals surface area contributed by atoms with E-state index >= 15 is 0 Å². The van der Waals surface area contributed by atoms with Gasteiger partial charge in [-0.25, -0.2) is 4.79 Å². The van der Waals surface area contributed by atoms with Crippen LogP contribution in [0.1, 0.15) is 40.0 Å². The quantitative estimate of drug-likeness (QED) is 0.718. The zero-order valence-corrected chi connectivity index (χ0v) is 12.5. The first-order valence-electron chi connectivity index (χ1n) is 7.29. The molecule has 2 aliphatic rings. The lowest BCUT2D eigenvalue weighted by atomic mass is 9.79. The SMILES string of the molecule is CC(C)(C)OC(=O)N1CC2=CC(O)CCC2CC1CO. The van der Waals surface area contributed by atoms with Crippen LogP contribution in [0.5, 0.6) is 0 Å². The summed E-state index contributed by atoms with van der Waals surface area (Å²) in [6.07, 6.45) is 3.49. The predicted molar refractivity (Wildman–Crippen MR) is 75.2 cm³/mol. The molecule has 0 aromatic heterocycles. The molecule has 0 bridgehead atoms. The second kappa shape index (κ2) is 5.74. The number of amides is 1. The molecule has 114 valence electrons. The Bertz CT molecular complexity index is 399. The smallest absolute Gasteiger partial charge is 0.410 e. The molecular weight excluding hydrogens is 258 g/mol. The van der Waals surface area contributed by atoms with Crippen molar-refractivity contribution >= 4 is 6.09 Å². The Labute approximate surface area is 120 Å². The zero-order valence-electron chi connectivity index (χ0n) is 12.5. The Morgan fingerprint density at radius 3 is 2.75 bits per heavy atom. The van der Waals surface area contributed by atoms with Gasteiger partial charge < -0.3 is 14.9 Å². The van der Waals surface area contributed by atoms with Gasteiger partial charge in [0.05, 0.1) is 18.8 Å². The highest BCUT2D eigenvalue weighted by Gasteiger charge is 2.37. The Morgan fingerprint density at radius 2 is 2.15 bits per heavy atom. The summed E-state index contributed by atoms with van der Waals surface area (Å²) in [4.78, 5) is 13.8. The third-order valence-corrected chi connectivity index (χ3v) is 3.93. The van der Waals surface area contributed by atoms with Crippen molar-refractivity contribution in [3.63, 3.8) is 0 Å². The number of fused-ring (bicyclic) bond motifs is 1. The molecule has 1 heterocycles. The highest BCUT2D eigenvalue weighted by Crippen LogP contribution is 2.35. The van der Waals surface area contributed by atoms with E-state index < -0.39 is 17.8 Å². The summed E-state index contributed by atoms with van der Waals surface area (Å²) in [5.74, 6) is 0.370. The average Bonchev–Trinajstić information content (AvgIpc) is 2.35. The maximum absolute atomic E-state index is 12.2. The van der Waals surface area contributed by atoms with Crippen molar-refractivity contribution in [2.45, 2.75) is 57.8 Å². The number of hydrogen-bond acceptors (Lipinski definition) is 4. The van der Waals surface area contributed by atoms with Crippen molar-refractivity contribution in [1.82, 2.24) is 4.90 Å². The molecule has 2 N–H and O–H groups in total. The number of aliphatic hydroxyl groups is 2. The standard InChI is InChI=1S/C15H25NO4/c1-15(2,3)20-14(19)16-8-11-7-13(18)5-4-10(11)6-12(16)9-17/h7,10,12-13,17-18H,4-6,8-9H2,1-3H3. The number of carbonyl (C=O) groups excluding carboxylic acids is 1. The number of carbonyl (C=O) groups is 1. The van der Waals surface area contributed by atoms with Gasteiger partial charge in [-0.1, -0.05) is 6.08 Å². The van der Waals surface area contributed by atoms with Crippen LogP contribution < -0.4 is 0 Å². The first-order chi connectivity index (χ1) is 9.30. The van der Waals surface area contributed by atoms with Gasteiger partial charge in [-0.2, -0.15) is 0 Å². The van der Waals surface area contributed by atoms with E-state index in [0.717, 1.165) is 24.8 Å². The van der Waals surface area contributed by atoms with E-state index in [1.54, 1.807) is 4.90 Å². The maximum Gasteiger partial charge on any atom is 0.410 e. The second-order valence-electron chi connectivity index (χ2n) is 6.76. The van der Waals surface area contributed by atoms with Gasteiger partial charge in [-0.3, -0.25) is 4.90 Å². The summed E-state index contributed by atoms with van der Waals surface area (Å²) in [5.41, 5.74) is 0.549. The molecule has 0 radical (unpaired) electrons. The van der Waals surface area contributed by atoms with Gasteiger partial charge in [-0.05, 0) is 51.5 Å². The molecule has 0 saturated carbocycles. The lowest BCUT2D eigenvalue weighted by Crippen LogP contribution is -2.51. The van der Waals surface area contributed by atoms with Crippen LogP contribution in [0.2, 0.25) is 0 Å². The van der Waals surface area contributed by atoms with Gasteiger partial charge in [0.1, 0.15) is 5.60 Å². The monoisotopic (exact) mass is 283 g/mol. The number of piperidine rings is 1. The molecule has 2 rings (SSSR count). The molecule has 0 aromatic rings. The average molecular weight is 283 g/mol. The molecule has 3 atom stereocenters. The van der Waals surface area contributed by atoms with Crippen LogP contribution in [0, 0.1) is 5.92 Å². The van der Waals surface area contributed by atoms with Crippen LogP contribution >= 0.6 is 0 Å². The van der Waals surface area contributed by atoms with E-state index in [9.17, 15) is 15.0 Å². The Morgan fingerprint density at radius 1 is 1.45 bits per heavy atom. The zero-order chi connectivity index (χ0) is 14.9. The molecule has 0 spiro atoms. The highest BCUT2D eigenvalue weighted by molar-refractivity contribution is 5.69. The molecule has 1 amide bonds. The van der Waals surface area contributed by atoms with E-state index in [0.29, 0.717) is 12.5 Å². The predicted octanol–water partition coefficient (Wildman–Crippen LogP) is 1.69. The van der Waals surface area contributed by atoms with Gasteiger partial charge in [0.2, 0.25) is 0 Å². The molecule has 1 fully saturated rings. The molecule has 20 heavy (non-hydrogen) atoms. The molecule has 5 heteroatoms. The van der Waals surface area contributed by atoms with Crippen LogP contribution in [-0.2, 0) is 4.74 Å². The van der Waals surface area contributed by atoms with Crippen LogP contribution in [0.4, 0.5) is 4.79 Å². The summed E-state index contributed by atoms with van der Waals surface area (Å²) in [6, 6.07) is -0.192. The van der Waals surface area contributed by atoms with Crippen LogP contribution in [0.3, 0.4) is 0 Å². The summed E-state index contributed by atoms with van der Waals surface area (Å²) in [7, 11) is 0. The van der Waals surface area contributed by atoms with Crippen molar-refractivity contribution in [3.05, 3.63) is 11.6 Å². The minimum Gasteiger partial charge on any atom is -0.444 e. The fourth-order valence-corrected chi connectivity index (χ4v) is 2.96. The topological polar surface area (TPSA) is 70.0 Å². The Kier molecular flexibility index (Phi) is 4.39. The lowest BCUT2D eigenvalue weighted by molar-refractivity contribution is 0.00123. The maximum atomic E-state index is 12.2. The van der Waals surface area contributed by atoms with Crippen molar-refractivity contribution in [2.75, 3.05) is 13.2 Å². The Hall–Kier alpha value is -1.07. The van der Waals surface area contributed by atoms with Gasteiger partial charge >= 0.3 is 6.09 Å². The number of hydrogen-bond donors (Lipinski definition) is 2. The van der Waals surface area contributed by atoms with Gasteiger partial charge in [0.25, 0.3) is 0 Å². The minimum atomic E-state index is -0.547. The number of ether oxygens (including phenoxy) is 1. The fraction of sp³-hybridized carbons (Fsp3) is 0.800. The van der Waals surface area contributed by atoms with Crippen LogP contribution in [0.25, 0.3) is 0 Å². The van der Waals surface area contributed by atoms with Gasteiger partial charge in [-0.15, -0.1) is 0 Å². The van der Waals surface area contributed by atoms with Gasteiger partial charge in [0, 0.05) is 6.54 Å². The van der Waals surface area contributed by atoms with Crippen LogP contribution in [0.15, 0.2) is 11.6 Å². The number of rotatable bonds is 1. The molecular formula is C15H25NO4. The minimum absolute atomic E-state index is 0.0500. The van der Waals surface area contributed by atoms with E-state index in [4.69, 9.17) is 4.74 Å². The van der Waals surface area contributed by atoms with E-state index in [1.807, 2.05) is 26.8 Å². The summed E-state index contributed by atoms with van der Waals surface area (Å²) in [5, 5.41) is 19.3. The fourth-order valence-electron chi connectivity index (χ4n) is 2.96. The van der Waals surface area contributed by atoms with Gasteiger partial charge in [0.15, 0.2) is 0 Å². The molecule has 1 aliphatic carbocycles. The van der Waals surface area contributed by atoms with Crippen molar-refractivity contribution in [1.29, 1.82) is 0 Å². The third-order valence-electron chi connectivity index (χ3n) is 3.93. The second-order valence-corrected chi connectivity index (χ2v) is 6.76. The molecule has 3 unspecified atom stereocenters. The van der Waals surface area contributed by atoms with Crippen molar-refractivity contribution in [3.8, 4) is 0 Å². The van der Waals surface area contributed by atoms with E-state index in [2.05, 4.69) is 0 Å². The van der Waals surface area contributed by atoms with E-state index in [-0.39, 0.29) is 12.6 Å². The molecule has 5 nitrogen and oxygen atoms in total.